The molecule has 0 fully saturated rings. The SMILES string of the molecule is CC(C)C(C)SC(F)C(=O)O. The average Bonchev–Trinajstić information content (AvgIpc) is 1.87. The van der Waals surface area contributed by atoms with Gasteiger partial charge in [-0.1, -0.05) is 20.8 Å². The van der Waals surface area contributed by atoms with Crippen LogP contribution in [-0.2, 0) is 4.79 Å². The van der Waals surface area contributed by atoms with E-state index in [-0.39, 0.29) is 5.25 Å². The Morgan fingerprint density at radius 1 is 1.45 bits per heavy atom. The summed E-state index contributed by atoms with van der Waals surface area (Å²) in [5, 5.41) is 8.26. The van der Waals surface area contributed by atoms with Crippen molar-refractivity contribution in [3.8, 4) is 0 Å². The van der Waals surface area contributed by atoms with E-state index in [2.05, 4.69) is 0 Å². The molecule has 2 unspecified atom stereocenters. The van der Waals surface area contributed by atoms with Crippen molar-refractivity contribution >= 4 is 17.7 Å². The van der Waals surface area contributed by atoms with Gasteiger partial charge >= 0.3 is 5.97 Å². The molecule has 0 aromatic rings. The van der Waals surface area contributed by atoms with Crippen LogP contribution in [0, 0.1) is 5.92 Å². The number of alkyl halides is 1. The van der Waals surface area contributed by atoms with Crippen LogP contribution in [0.25, 0.3) is 0 Å². The molecule has 0 saturated carbocycles. The predicted molar refractivity (Wildman–Crippen MR) is 44.4 cm³/mol. The predicted octanol–water partition coefficient (Wildman–Crippen LogP) is 2.14. The molecule has 0 radical (unpaired) electrons. The van der Waals surface area contributed by atoms with Gasteiger partial charge in [0, 0.05) is 5.25 Å². The number of carboxylic acids is 1. The summed E-state index contributed by atoms with van der Waals surface area (Å²) in [5.74, 6) is -1.08. The molecule has 0 amide bonds. The van der Waals surface area contributed by atoms with Gasteiger partial charge in [-0.15, -0.1) is 11.8 Å². The van der Waals surface area contributed by atoms with Crippen molar-refractivity contribution in [1.82, 2.24) is 0 Å². The highest BCUT2D eigenvalue weighted by molar-refractivity contribution is 8.01. The molecule has 1 N–H and O–H groups in total. The highest BCUT2D eigenvalue weighted by atomic mass is 32.2. The van der Waals surface area contributed by atoms with Crippen molar-refractivity contribution in [2.75, 3.05) is 0 Å². The van der Waals surface area contributed by atoms with Gasteiger partial charge in [0.05, 0.1) is 0 Å². The summed E-state index contributed by atoms with van der Waals surface area (Å²) in [7, 11) is 0. The summed E-state index contributed by atoms with van der Waals surface area (Å²) < 4.78 is 12.5. The molecule has 0 aromatic carbocycles. The quantitative estimate of drug-likeness (QED) is 0.720. The fourth-order valence-corrected chi connectivity index (χ4v) is 1.21. The van der Waals surface area contributed by atoms with Gasteiger partial charge in [0.25, 0.3) is 0 Å². The third kappa shape index (κ3) is 4.24. The molecule has 2 atom stereocenters. The normalized spacial score (nSPS) is 16.5. The van der Waals surface area contributed by atoms with Crippen molar-refractivity contribution in [3.63, 3.8) is 0 Å². The van der Waals surface area contributed by atoms with Crippen molar-refractivity contribution in [1.29, 1.82) is 0 Å². The largest absolute Gasteiger partial charge is 0.478 e. The van der Waals surface area contributed by atoms with Crippen LogP contribution in [0.4, 0.5) is 4.39 Å². The lowest BCUT2D eigenvalue weighted by Crippen LogP contribution is -2.16. The third-order valence-corrected chi connectivity index (χ3v) is 2.88. The molecule has 0 aromatic heterocycles. The zero-order chi connectivity index (χ0) is 9.02. The van der Waals surface area contributed by atoms with E-state index in [1.54, 1.807) is 0 Å². The van der Waals surface area contributed by atoms with Gasteiger partial charge < -0.3 is 5.11 Å². The van der Waals surface area contributed by atoms with Crippen molar-refractivity contribution in [3.05, 3.63) is 0 Å². The first-order chi connectivity index (χ1) is 4.95. The molecule has 0 heterocycles. The van der Waals surface area contributed by atoms with Gasteiger partial charge in [0.2, 0.25) is 5.50 Å². The summed E-state index contributed by atoms with van der Waals surface area (Å²) in [6.07, 6.45) is 0. The second kappa shape index (κ2) is 4.59. The zero-order valence-electron chi connectivity index (χ0n) is 6.87. The van der Waals surface area contributed by atoms with Gasteiger partial charge in [-0.05, 0) is 5.92 Å². The van der Waals surface area contributed by atoms with E-state index >= 15 is 0 Å². The maximum Gasteiger partial charge on any atom is 0.348 e. The van der Waals surface area contributed by atoms with Crippen molar-refractivity contribution in [2.45, 2.75) is 31.5 Å². The van der Waals surface area contributed by atoms with E-state index in [1.807, 2.05) is 20.8 Å². The number of thioether (sulfide) groups is 1. The monoisotopic (exact) mass is 180 g/mol. The number of hydrogen-bond acceptors (Lipinski definition) is 2. The molecule has 2 nitrogen and oxygen atoms in total. The second-order valence-electron chi connectivity index (χ2n) is 2.74. The Kier molecular flexibility index (Phi) is 4.49. The summed E-state index contributed by atoms with van der Waals surface area (Å²) in [4.78, 5) is 10.1. The van der Waals surface area contributed by atoms with E-state index in [0.717, 1.165) is 11.8 Å². The number of hydrogen-bond donors (Lipinski definition) is 1. The molecule has 0 aliphatic carbocycles. The number of carboxylic acid groups (broad SMARTS) is 1. The first-order valence-electron chi connectivity index (χ1n) is 3.47. The van der Waals surface area contributed by atoms with Crippen LogP contribution in [0.15, 0.2) is 0 Å². The highest BCUT2D eigenvalue weighted by Gasteiger charge is 2.21. The second-order valence-corrected chi connectivity index (χ2v) is 4.17. The first-order valence-corrected chi connectivity index (χ1v) is 4.41. The smallest absolute Gasteiger partial charge is 0.348 e. The van der Waals surface area contributed by atoms with Crippen molar-refractivity contribution in [2.24, 2.45) is 5.92 Å². The number of aliphatic carboxylic acids is 1. The standard InChI is InChI=1S/C7H13FO2S/c1-4(2)5(3)11-6(8)7(9)10/h4-6H,1-3H3,(H,9,10). The van der Waals surface area contributed by atoms with E-state index in [9.17, 15) is 9.18 Å². The van der Waals surface area contributed by atoms with Crippen LogP contribution in [0.1, 0.15) is 20.8 Å². The van der Waals surface area contributed by atoms with Gasteiger partial charge in [-0.25, -0.2) is 9.18 Å². The molecule has 0 aliphatic heterocycles. The lowest BCUT2D eigenvalue weighted by molar-refractivity contribution is -0.139. The van der Waals surface area contributed by atoms with Crippen molar-refractivity contribution < 1.29 is 14.3 Å². The molecule has 11 heavy (non-hydrogen) atoms. The highest BCUT2D eigenvalue weighted by Crippen LogP contribution is 2.24. The summed E-state index contributed by atoms with van der Waals surface area (Å²) >= 11 is 0.850. The molecule has 4 heteroatoms. The minimum atomic E-state index is -1.78. The first kappa shape index (κ1) is 10.8. The minimum Gasteiger partial charge on any atom is -0.478 e. The molecule has 0 aliphatic rings. The van der Waals surface area contributed by atoms with Gasteiger partial charge in [0.15, 0.2) is 0 Å². The van der Waals surface area contributed by atoms with E-state index < -0.39 is 11.5 Å². The molecule has 0 saturated heterocycles. The Hall–Kier alpha value is -0.250. The maximum atomic E-state index is 12.5. The van der Waals surface area contributed by atoms with Crippen LogP contribution in [0.2, 0.25) is 0 Å². The Morgan fingerprint density at radius 2 is 1.91 bits per heavy atom. The molecular weight excluding hydrogens is 167 g/mol. The molecular formula is C7H13FO2S. The fourth-order valence-electron chi connectivity index (χ4n) is 0.404. The Bertz CT molecular complexity index is 138. The van der Waals surface area contributed by atoms with Crippen LogP contribution in [-0.4, -0.2) is 21.8 Å². The Balaban J connectivity index is 3.75. The van der Waals surface area contributed by atoms with Crippen LogP contribution in [0.5, 0.6) is 0 Å². The number of rotatable bonds is 4. The van der Waals surface area contributed by atoms with Crippen LogP contribution >= 0.6 is 11.8 Å². The van der Waals surface area contributed by atoms with Gasteiger partial charge in [0.1, 0.15) is 0 Å². The van der Waals surface area contributed by atoms with E-state index in [4.69, 9.17) is 5.11 Å². The zero-order valence-corrected chi connectivity index (χ0v) is 7.69. The summed E-state index contributed by atoms with van der Waals surface area (Å²) in [5.41, 5.74) is -1.78. The molecule has 0 bridgehead atoms. The summed E-state index contributed by atoms with van der Waals surface area (Å²) in [6, 6.07) is 0. The minimum absolute atomic E-state index is 0.0427. The van der Waals surface area contributed by atoms with E-state index in [0.29, 0.717) is 5.92 Å². The van der Waals surface area contributed by atoms with Gasteiger partial charge in [-0.3, -0.25) is 0 Å². The number of carbonyl (C=O) groups is 1. The number of halogens is 1. The average molecular weight is 180 g/mol. The molecule has 0 rings (SSSR count). The Labute approximate surface area is 70.2 Å². The third-order valence-electron chi connectivity index (χ3n) is 1.47. The summed E-state index contributed by atoms with van der Waals surface area (Å²) in [6.45, 7) is 5.70. The maximum absolute atomic E-state index is 12.5. The van der Waals surface area contributed by atoms with E-state index in [1.165, 1.54) is 0 Å². The topological polar surface area (TPSA) is 37.3 Å². The molecule has 66 valence electrons. The fraction of sp³-hybridized carbons (Fsp3) is 0.857. The van der Waals surface area contributed by atoms with Crippen LogP contribution < -0.4 is 0 Å². The van der Waals surface area contributed by atoms with Crippen LogP contribution in [0.3, 0.4) is 0 Å². The Morgan fingerprint density at radius 3 is 2.18 bits per heavy atom. The van der Waals surface area contributed by atoms with Gasteiger partial charge in [-0.2, -0.15) is 0 Å². The molecule has 0 spiro atoms. The lowest BCUT2D eigenvalue weighted by Gasteiger charge is -2.14. The lowest BCUT2D eigenvalue weighted by atomic mass is 10.2.